The molecular formula is C46H64N2O2Pd. The summed E-state index contributed by atoms with van der Waals surface area (Å²) in [6, 6.07) is 21.1. The zero-order valence-corrected chi connectivity index (χ0v) is 34.3. The second-order valence-electron chi connectivity index (χ2n) is 13.5. The molecule has 0 fully saturated rings. The van der Waals surface area contributed by atoms with Crippen LogP contribution in [0.2, 0.25) is 0 Å². The molecule has 0 unspecified atom stereocenters. The Balaban J connectivity index is 0.000000401. The van der Waals surface area contributed by atoms with E-state index in [9.17, 15) is 10.2 Å². The van der Waals surface area contributed by atoms with Crippen LogP contribution in [0.15, 0.2) is 70.6 Å². The van der Waals surface area contributed by atoms with Crippen LogP contribution in [0.1, 0.15) is 140 Å². The van der Waals surface area contributed by atoms with Crippen LogP contribution < -0.4 is 0 Å². The van der Waals surface area contributed by atoms with Crippen molar-refractivity contribution in [3.8, 4) is 11.5 Å². The fraction of sp³-hybridized carbons (Fsp3) is 0.478. The summed E-state index contributed by atoms with van der Waals surface area (Å²) >= 11 is 0. The molecule has 51 heavy (non-hydrogen) atoms. The van der Waals surface area contributed by atoms with Crippen LogP contribution in [0.5, 0.6) is 11.5 Å². The summed E-state index contributed by atoms with van der Waals surface area (Å²) < 4.78 is 0. The van der Waals surface area contributed by atoms with Crippen LogP contribution in [0.4, 0.5) is 11.4 Å². The average molecular weight is 783 g/mol. The van der Waals surface area contributed by atoms with E-state index in [2.05, 4.69) is 104 Å². The summed E-state index contributed by atoms with van der Waals surface area (Å²) in [7, 11) is 0. The second-order valence-corrected chi connectivity index (χ2v) is 13.5. The number of nitrogens with zero attached hydrogens (tertiary/aromatic N) is 2. The molecule has 0 aliphatic carbocycles. The van der Waals surface area contributed by atoms with Crippen molar-refractivity contribution in [1.82, 2.24) is 0 Å². The molecule has 0 amide bonds. The number of aliphatic imine (C=N–C) groups is 2. The maximum absolute atomic E-state index is 9.63. The smallest absolute Gasteiger partial charge is 0.158 e. The van der Waals surface area contributed by atoms with Gasteiger partial charge in [0.25, 0.3) is 0 Å². The van der Waals surface area contributed by atoms with Crippen molar-refractivity contribution in [1.29, 1.82) is 0 Å². The zero-order valence-electron chi connectivity index (χ0n) is 32.8. The molecule has 4 nitrogen and oxygen atoms in total. The summed E-state index contributed by atoms with van der Waals surface area (Å²) in [5.74, 6) is -0.0818. The average Bonchev–Trinajstić information content (AvgIpc) is 3.13. The van der Waals surface area contributed by atoms with Gasteiger partial charge in [0, 0.05) is 20.4 Å². The standard InChI is InChI=1S/C30H44N2.C16H20O2.Pd/c1-7-13-15-29(31-27-19-17-23(9-3)25(11-5)21-27)30(16-14-8-2)32-28-20-18-24(10-4)26(12-6)22-28;1-3-5-11-7-12(6-4-2)14-10-16(18)15(17)9-13(14)8-11;/h17-22H,7-16H2,1-6H3;7-10,17-18H,3-6H2,1-2H3;. The van der Waals surface area contributed by atoms with Crippen molar-refractivity contribution in [2.75, 3.05) is 0 Å². The Morgan fingerprint density at radius 2 is 0.961 bits per heavy atom. The topological polar surface area (TPSA) is 65.2 Å². The van der Waals surface area contributed by atoms with Crippen LogP contribution in [0.25, 0.3) is 10.8 Å². The van der Waals surface area contributed by atoms with Gasteiger partial charge in [-0.1, -0.05) is 105 Å². The van der Waals surface area contributed by atoms with Gasteiger partial charge in [-0.2, -0.15) is 0 Å². The second kappa shape index (κ2) is 23.3. The normalized spacial score (nSPS) is 11.7. The number of aromatic hydroxyl groups is 2. The molecule has 0 saturated carbocycles. The first kappa shape index (κ1) is 43.9. The maximum atomic E-state index is 9.63. The van der Waals surface area contributed by atoms with Gasteiger partial charge < -0.3 is 10.2 Å². The van der Waals surface area contributed by atoms with Crippen LogP contribution in [0.3, 0.4) is 0 Å². The number of hydrogen-bond acceptors (Lipinski definition) is 4. The van der Waals surface area contributed by atoms with Crippen molar-refractivity contribution in [3.63, 3.8) is 0 Å². The van der Waals surface area contributed by atoms with Gasteiger partial charge in [-0.05, 0) is 145 Å². The van der Waals surface area contributed by atoms with Gasteiger partial charge in [0.1, 0.15) is 0 Å². The van der Waals surface area contributed by atoms with E-state index in [0.29, 0.717) is 0 Å². The maximum Gasteiger partial charge on any atom is 0.158 e. The minimum absolute atomic E-state index is 0. The van der Waals surface area contributed by atoms with Gasteiger partial charge in [-0.25, -0.2) is 0 Å². The number of hydrogen-bond donors (Lipinski definition) is 2. The summed E-state index contributed by atoms with van der Waals surface area (Å²) in [5, 5.41) is 21.3. The van der Waals surface area contributed by atoms with Gasteiger partial charge in [-0.3, -0.25) is 9.98 Å². The Kier molecular flexibility index (Phi) is 20.1. The molecule has 4 aromatic rings. The van der Waals surface area contributed by atoms with Crippen molar-refractivity contribution >= 4 is 33.6 Å². The van der Waals surface area contributed by atoms with Gasteiger partial charge in [0.15, 0.2) is 11.5 Å². The van der Waals surface area contributed by atoms with E-state index in [-0.39, 0.29) is 31.9 Å². The number of rotatable bonds is 17. The van der Waals surface area contributed by atoms with Crippen LogP contribution in [0, 0.1) is 0 Å². The molecule has 0 aliphatic heterocycles. The first-order chi connectivity index (χ1) is 24.2. The van der Waals surface area contributed by atoms with Gasteiger partial charge in [0.2, 0.25) is 0 Å². The van der Waals surface area contributed by atoms with Gasteiger partial charge in [-0.15, -0.1) is 0 Å². The molecule has 0 aromatic heterocycles. The number of phenols is 2. The number of benzene rings is 4. The van der Waals surface area contributed by atoms with Crippen molar-refractivity contribution in [3.05, 3.63) is 94.0 Å². The fourth-order valence-electron chi connectivity index (χ4n) is 6.68. The van der Waals surface area contributed by atoms with Crippen molar-refractivity contribution < 1.29 is 30.6 Å². The first-order valence-electron chi connectivity index (χ1n) is 19.6. The monoisotopic (exact) mass is 782 g/mol. The van der Waals surface area contributed by atoms with Crippen molar-refractivity contribution in [2.45, 2.75) is 145 Å². The predicted molar refractivity (Wildman–Crippen MR) is 219 cm³/mol. The summed E-state index contributed by atoms with van der Waals surface area (Å²) in [6.45, 7) is 17.8. The van der Waals surface area contributed by atoms with E-state index in [4.69, 9.17) is 9.98 Å². The SMILES string of the molecule is CCCCC(=Nc1ccc(CC)c(CC)c1)C(CCCC)=Nc1ccc(CC)c(CC)c1.CCCc1cc(CCC)c2cc(O)c(O)cc2c1.[Pd]. The van der Waals surface area contributed by atoms with E-state index in [0.717, 1.165) is 99.2 Å². The first-order valence-corrected chi connectivity index (χ1v) is 19.6. The largest absolute Gasteiger partial charge is 0.504 e. The number of phenolic OH excluding ortho intramolecular Hbond substituents is 2. The van der Waals surface area contributed by atoms with Crippen LogP contribution in [-0.4, -0.2) is 21.6 Å². The number of aryl methyl sites for hydroxylation is 6. The third-order valence-corrected chi connectivity index (χ3v) is 9.55. The minimum atomic E-state index is -0.0430. The Hall–Kier alpha value is -3.26. The molecule has 280 valence electrons. The van der Waals surface area contributed by atoms with E-state index >= 15 is 0 Å². The zero-order chi connectivity index (χ0) is 36.5. The van der Waals surface area contributed by atoms with Crippen LogP contribution in [-0.2, 0) is 58.9 Å². The predicted octanol–water partition coefficient (Wildman–Crippen LogP) is 13.3. The molecule has 4 aromatic carbocycles. The third kappa shape index (κ3) is 13.0. The Morgan fingerprint density at radius 1 is 0.490 bits per heavy atom. The molecule has 5 heteroatoms. The van der Waals surface area contributed by atoms with Gasteiger partial charge >= 0.3 is 0 Å². The number of unbranched alkanes of at least 4 members (excludes halogenated alkanes) is 2. The molecule has 2 N–H and O–H groups in total. The molecule has 0 spiro atoms. The Labute approximate surface area is 323 Å². The van der Waals surface area contributed by atoms with E-state index in [1.807, 2.05) is 0 Å². The molecule has 0 atom stereocenters. The summed E-state index contributed by atoms with van der Waals surface area (Å²) in [5.41, 5.74) is 12.8. The van der Waals surface area contributed by atoms with Crippen LogP contribution >= 0.6 is 0 Å². The third-order valence-electron chi connectivity index (χ3n) is 9.55. The fourth-order valence-corrected chi connectivity index (χ4v) is 6.68. The summed E-state index contributed by atoms with van der Waals surface area (Å²) in [6.07, 6.45) is 15.1. The Bertz CT molecular complexity index is 1650. The molecule has 0 aliphatic rings. The van der Waals surface area contributed by atoms with E-state index < -0.39 is 0 Å². The molecule has 4 rings (SSSR count). The minimum Gasteiger partial charge on any atom is -0.504 e. The van der Waals surface area contributed by atoms with E-state index in [1.165, 1.54) is 57.6 Å². The molecule has 0 saturated heterocycles. The quantitative estimate of drug-likeness (QED) is 0.0636. The van der Waals surface area contributed by atoms with Crippen molar-refractivity contribution in [2.24, 2.45) is 9.98 Å². The molecule has 0 bridgehead atoms. The Morgan fingerprint density at radius 3 is 1.39 bits per heavy atom. The number of fused-ring (bicyclic) bond motifs is 1. The van der Waals surface area contributed by atoms with Gasteiger partial charge in [0.05, 0.1) is 22.8 Å². The molecule has 0 heterocycles. The molecular weight excluding hydrogens is 719 g/mol. The van der Waals surface area contributed by atoms with E-state index in [1.54, 1.807) is 12.1 Å². The summed E-state index contributed by atoms with van der Waals surface area (Å²) in [4.78, 5) is 10.4. The molecule has 0 radical (unpaired) electrons.